The monoisotopic (exact) mass is 568 g/mol. The van der Waals surface area contributed by atoms with Gasteiger partial charge >= 0.3 is 29.8 Å². The number of esters is 3. The van der Waals surface area contributed by atoms with Crippen molar-refractivity contribution >= 4 is 29.8 Å². The second kappa shape index (κ2) is 20.2. The van der Waals surface area contributed by atoms with Gasteiger partial charge < -0.3 is 24.4 Å². The number of aliphatic carboxylic acids is 1. The van der Waals surface area contributed by atoms with Gasteiger partial charge in [-0.3, -0.25) is 9.59 Å². The van der Waals surface area contributed by atoms with E-state index in [1.807, 2.05) is 12.1 Å². The van der Waals surface area contributed by atoms with Crippen molar-refractivity contribution in [1.29, 1.82) is 0 Å². The van der Waals surface area contributed by atoms with Crippen molar-refractivity contribution in [1.82, 2.24) is 0 Å². The molecule has 0 fully saturated rings. The van der Waals surface area contributed by atoms with E-state index in [-0.39, 0.29) is 24.4 Å². The van der Waals surface area contributed by atoms with E-state index < -0.39 is 23.9 Å². The summed E-state index contributed by atoms with van der Waals surface area (Å²) in [6, 6.07) is 13.6. The number of hydrogen-bond donors (Lipinski definition) is 2. The molecule has 0 atom stereocenters. The van der Waals surface area contributed by atoms with Gasteiger partial charge in [0, 0.05) is 25.0 Å². The standard InChI is InChI=1S/C22H22O6.C9H14O4/c1-2-20(23)27-15-5-3-4-6-21(24)28-19-13-11-17(12-14-19)16-7-9-18(10-8-16)22(25)26;1-2-9(12)13-7-5-3-4-6-8(10)11/h2,7-14H,1,3-6,15H2,(H,25,26);2H,1,3-7H2,(H,10,11). The Balaban J connectivity index is 0.000000545. The molecule has 0 amide bonds. The number of unbranched alkanes of at least 4 members (excludes halogenated alkanes) is 4. The van der Waals surface area contributed by atoms with Crippen molar-refractivity contribution < 1.29 is 48.4 Å². The molecule has 10 heteroatoms. The summed E-state index contributed by atoms with van der Waals surface area (Å²) in [5, 5.41) is 17.2. The highest BCUT2D eigenvalue weighted by Crippen LogP contribution is 2.23. The van der Waals surface area contributed by atoms with Gasteiger partial charge in [-0.2, -0.15) is 0 Å². The van der Waals surface area contributed by atoms with Crippen LogP contribution in [0.15, 0.2) is 73.8 Å². The van der Waals surface area contributed by atoms with Gasteiger partial charge in [0.25, 0.3) is 0 Å². The fourth-order valence-electron chi connectivity index (χ4n) is 3.27. The van der Waals surface area contributed by atoms with Gasteiger partial charge in [-0.1, -0.05) is 37.4 Å². The molecule has 2 aromatic carbocycles. The van der Waals surface area contributed by atoms with E-state index in [0.717, 1.165) is 36.1 Å². The molecular weight excluding hydrogens is 532 g/mol. The van der Waals surface area contributed by atoms with Crippen LogP contribution in [0.25, 0.3) is 11.1 Å². The molecule has 2 aromatic rings. The van der Waals surface area contributed by atoms with Crippen LogP contribution in [-0.2, 0) is 28.7 Å². The van der Waals surface area contributed by atoms with E-state index >= 15 is 0 Å². The Morgan fingerprint density at radius 3 is 1.54 bits per heavy atom. The minimum atomic E-state index is -0.966. The zero-order chi connectivity index (χ0) is 30.5. The lowest BCUT2D eigenvalue weighted by atomic mass is 10.0. The Hall–Kier alpha value is -4.73. The summed E-state index contributed by atoms with van der Waals surface area (Å²) in [6.45, 7) is 7.21. The minimum Gasteiger partial charge on any atom is -0.481 e. The first-order valence-electron chi connectivity index (χ1n) is 13.1. The maximum absolute atomic E-state index is 11.9. The quantitative estimate of drug-likeness (QED) is 0.107. The first kappa shape index (κ1) is 34.3. The highest BCUT2D eigenvalue weighted by atomic mass is 16.5. The first-order valence-corrected chi connectivity index (χ1v) is 13.1. The molecule has 220 valence electrons. The summed E-state index contributed by atoms with van der Waals surface area (Å²) >= 11 is 0. The normalized spacial score (nSPS) is 9.85. The number of aromatic carboxylic acids is 1. The van der Waals surface area contributed by atoms with Crippen molar-refractivity contribution in [2.45, 2.75) is 51.4 Å². The number of carbonyl (C=O) groups is 5. The van der Waals surface area contributed by atoms with E-state index in [9.17, 15) is 24.0 Å². The van der Waals surface area contributed by atoms with Gasteiger partial charge in [0.1, 0.15) is 5.75 Å². The van der Waals surface area contributed by atoms with Crippen LogP contribution < -0.4 is 4.74 Å². The van der Waals surface area contributed by atoms with Gasteiger partial charge in [0.15, 0.2) is 0 Å². The third-order valence-corrected chi connectivity index (χ3v) is 5.43. The Labute approximate surface area is 239 Å². The highest BCUT2D eigenvalue weighted by molar-refractivity contribution is 5.88. The second-order valence-electron chi connectivity index (χ2n) is 8.64. The predicted octanol–water partition coefficient (Wildman–Crippen LogP) is 5.61. The van der Waals surface area contributed by atoms with Crippen LogP contribution in [0.2, 0.25) is 0 Å². The van der Waals surface area contributed by atoms with E-state index in [1.165, 1.54) is 0 Å². The molecule has 2 rings (SSSR count). The van der Waals surface area contributed by atoms with Gasteiger partial charge in [0.05, 0.1) is 18.8 Å². The molecule has 0 bridgehead atoms. The van der Waals surface area contributed by atoms with Crippen LogP contribution in [0.5, 0.6) is 5.75 Å². The summed E-state index contributed by atoms with van der Waals surface area (Å²) in [5.41, 5.74) is 2.00. The van der Waals surface area contributed by atoms with Crippen LogP contribution in [0.4, 0.5) is 0 Å². The van der Waals surface area contributed by atoms with Gasteiger partial charge in [-0.15, -0.1) is 0 Å². The molecule has 0 heterocycles. The molecule has 10 nitrogen and oxygen atoms in total. The topological polar surface area (TPSA) is 154 Å². The highest BCUT2D eigenvalue weighted by Gasteiger charge is 2.07. The third kappa shape index (κ3) is 16.1. The number of hydrogen-bond acceptors (Lipinski definition) is 8. The molecule has 0 aliphatic heterocycles. The number of carbonyl (C=O) groups excluding carboxylic acids is 3. The number of ether oxygens (including phenoxy) is 3. The van der Waals surface area contributed by atoms with Crippen molar-refractivity contribution in [3.8, 4) is 16.9 Å². The summed E-state index contributed by atoms with van der Waals surface area (Å²) < 4.78 is 14.9. The number of carboxylic acids is 2. The first-order chi connectivity index (χ1) is 19.7. The molecule has 0 spiro atoms. The summed E-state index contributed by atoms with van der Waals surface area (Å²) in [7, 11) is 0. The van der Waals surface area contributed by atoms with E-state index in [4.69, 9.17) is 24.4 Å². The smallest absolute Gasteiger partial charge is 0.335 e. The number of carboxylic acid groups (broad SMARTS) is 2. The fraction of sp³-hybridized carbons (Fsp3) is 0.323. The average Bonchev–Trinajstić information content (AvgIpc) is 2.97. The molecule has 0 aliphatic carbocycles. The summed E-state index contributed by atoms with van der Waals surface area (Å²) in [6.07, 6.45) is 6.87. The van der Waals surface area contributed by atoms with E-state index in [0.29, 0.717) is 44.6 Å². The third-order valence-electron chi connectivity index (χ3n) is 5.43. The maximum atomic E-state index is 11.9. The number of rotatable bonds is 17. The van der Waals surface area contributed by atoms with E-state index in [1.54, 1.807) is 36.4 Å². The average molecular weight is 569 g/mol. The SMILES string of the molecule is C=CC(=O)OCCCCCC(=O)O.C=CC(=O)OCCCCCC(=O)Oc1ccc(-c2ccc(C(=O)O)cc2)cc1. The Kier molecular flexibility index (Phi) is 16.9. The molecule has 0 aromatic heterocycles. The van der Waals surface area contributed by atoms with Crippen LogP contribution in [-0.4, -0.2) is 53.3 Å². The van der Waals surface area contributed by atoms with Gasteiger partial charge in [-0.05, 0) is 73.9 Å². The van der Waals surface area contributed by atoms with E-state index in [2.05, 4.69) is 13.2 Å². The van der Waals surface area contributed by atoms with Crippen LogP contribution >= 0.6 is 0 Å². The maximum Gasteiger partial charge on any atom is 0.335 e. The predicted molar refractivity (Wildman–Crippen MR) is 151 cm³/mol. The molecule has 0 saturated heterocycles. The molecular formula is C31H36O10. The van der Waals surface area contributed by atoms with Gasteiger partial charge in [-0.25, -0.2) is 14.4 Å². The van der Waals surface area contributed by atoms with Crippen LogP contribution in [0, 0.1) is 0 Å². The summed E-state index contributed by atoms with van der Waals surface area (Å²) in [5.74, 6) is -2.49. The van der Waals surface area contributed by atoms with Crippen LogP contribution in [0.1, 0.15) is 61.7 Å². The van der Waals surface area contributed by atoms with Gasteiger partial charge in [0.2, 0.25) is 0 Å². The van der Waals surface area contributed by atoms with Crippen molar-refractivity contribution in [3.63, 3.8) is 0 Å². The molecule has 0 unspecified atom stereocenters. The number of benzene rings is 2. The minimum absolute atomic E-state index is 0.176. The lowest BCUT2D eigenvalue weighted by molar-refractivity contribution is -0.139. The lowest BCUT2D eigenvalue weighted by Crippen LogP contribution is -2.08. The second-order valence-corrected chi connectivity index (χ2v) is 8.64. The molecule has 2 N–H and O–H groups in total. The molecule has 41 heavy (non-hydrogen) atoms. The zero-order valence-electron chi connectivity index (χ0n) is 22.9. The Morgan fingerprint density at radius 1 is 0.634 bits per heavy atom. The molecule has 0 saturated carbocycles. The lowest BCUT2D eigenvalue weighted by Gasteiger charge is -2.07. The largest absolute Gasteiger partial charge is 0.481 e. The Morgan fingerprint density at radius 2 is 1.10 bits per heavy atom. The van der Waals surface area contributed by atoms with Crippen molar-refractivity contribution in [2.24, 2.45) is 0 Å². The van der Waals surface area contributed by atoms with Crippen LogP contribution in [0.3, 0.4) is 0 Å². The zero-order valence-corrected chi connectivity index (χ0v) is 22.9. The molecule has 0 aliphatic rings. The molecule has 0 radical (unpaired) electrons. The summed E-state index contributed by atoms with van der Waals surface area (Å²) in [4.78, 5) is 54.3. The Bertz CT molecular complexity index is 1150. The van der Waals surface area contributed by atoms with Crippen molar-refractivity contribution in [2.75, 3.05) is 13.2 Å². The fourth-order valence-corrected chi connectivity index (χ4v) is 3.27. The van der Waals surface area contributed by atoms with Crippen molar-refractivity contribution in [3.05, 3.63) is 79.4 Å².